The Morgan fingerprint density at radius 2 is 1.69 bits per heavy atom. The SMILES string of the molecule is CCCCN(CC[C@@H](C)C(=O)N[C@@H](Cc1ccccc1)C(=O)O)C(=O)CCC[C@@H](C)CC. The summed E-state index contributed by atoms with van der Waals surface area (Å²) in [5, 5.41) is 12.2. The summed E-state index contributed by atoms with van der Waals surface area (Å²) in [6, 6.07) is 8.31. The van der Waals surface area contributed by atoms with E-state index in [0.717, 1.165) is 37.7 Å². The standard InChI is InChI=1S/C26H42N2O4/c1-5-7-17-28(24(29)15-11-12-20(3)6-2)18-16-21(4)25(30)27-23(26(31)32)19-22-13-9-8-10-14-22/h8-10,13-14,20-21,23H,5-7,11-12,15-19H2,1-4H3,(H,27,30)(H,31,32)/t20-,21+,23-/m0/s1. The third-order valence-electron chi connectivity index (χ3n) is 6.10. The fraction of sp³-hybridized carbons (Fsp3) is 0.654. The van der Waals surface area contributed by atoms with Gasteiger partial charge in [0.05, 0.1) is 0 Å². The van der Waals surface area contributed by atoms with E-state index in [1.54, 1.807) is 6.92 Å². The molecular weight excluding hydrogens is 404 g/mol. The summed E-state index contributed by atoms with van der Waals surface area (Å²) in [4.78, 5) is 38.9. The van der Waals surface area contributed by atoms with Crippen molar-refractivity contribution in [2.75, 3.05) is 13.1 Å². The summed E-state index contributed by atoms with van der Waals surface area (Å²) in [6.07, 6.45) is 6.33. The number of carboxylic acids is 1. The topological polar surface area (TPSA) is 86.7 Å². The number of carboxylic acid groups (broad SMARTS) is 1. The van der Waals surface area contributed by atoms with Gasteiger partial charge in [0.1, 0.15) is 6.04 Å². The van der Waals surface area contributed by atoms with E-state index in [-0.39, 0.29) is 24.2 Å². The van der Waals surface area contributed by atoms with E-state index in [1.165, 1.54) is 0 Å². The minimum atomic E-state index is -1.05. The van der Waals surface area contributed by atoms with E-state index in [1.807, 2.05) is 35.2 Å². The number of carbonyl (C=O) groups is 3. The van der Waals surface area contributed by atoms with Crippen LogP contribution in [0.1, 0.15) is 78.2 Å². The van der Waals surface area contributed by atoms with Gasteiger partial charge < -0.3 is 15.3 Å². The molecule has 0 unspecified atom stereocenters. The fourth-order valence-corrected chi connectivity index (χ4v) is 3.52. The molecule has 1 rings (SSSR count). The normalized spacial score (nSPS) is 13.8. The summed E-state index contributed by atoms with van der Waals surface area (Å²) < 4.78 is 0. The smallest absolute Gasteiger partial charge is 0.326 e. The summed E-state index contributed by atoms with van der Waals surface area (Å²) in [5.74, 6) is -0.913. The molecule has 180 valence electrons. The lowest BCUT2D eigenvalue weighted by molar-refractivity contribution is -0.142. The summed E-state index contributed by atoms with van der Waals surface area (Å²) in [5.41, 5.74) is 0.863. The van der Waals surface area contributed by atoms with E-state index in [9.17, 15) is 19.5 Å². The van der Waals surface area contributed by atoms with E-state index in [0.29, 0.717) is 31.8 Å². The summed E-state index contributed by atoms with van der Waals surface area (Å²) in [6.45, 7) is 9.50. The van der Waals surface area contributed by atoms with Crippen molar-refractivity contribution >= 4 is 17.8 Å². The molecule has 0 saturated heterocycles. The Kier molecular flexibility index (Phi) is 13.3. The van der Waals surface area contributed by atoms with Crippen LogP contribution in [0.3, 0.4) is 0 Å². The van der Waals surface area contributed by atoms with Crippen LogP contribution in [-0.4, -0.2) is 46.9 Å². The molecule has 0 heterocycles. The molecule has 1 aromatic carbocycles. The molecule has 3 atom stereocenters. The van der Waals surface area contributed by atoms with Crippen LogP contribution in [0.15, 0.2) is 30.3 Å². The molecular formula is C26H42N2O4. The van der Waals surface area contributed by atoms with E-state index < -0.39 is 12.0 Å². The predicted molar refractivity (Wildman–Crippen MR) is 128 cm³/mol. The zero-order valence-electron chi connectivity index (χ0n) is 20.3. The highest BCUT2D eigenvalue weighted by Crippen LogP contribution is 2.14. The molecule has 0 bridgehead atoms. The number of carbonyl (C=O) groups excluding carboxylic acids is 2. The molecule has 0 saturated carbocycles. The van der Waals surface area contributed by atoms with Crippen molar-refractivity contribution < 1.29 is 19.5 Å². The zero-order chi connectivity index (χ0) is 23.9. The number of unbranched alkanes of at least 4 members (excludes halogenated alkanes) is 1. The van der Waals surface area contributed by atoms with Crippen molar-refractivity contribution in [2.45, 2.75) is 85.1 Å². The number of aliphatic carboxylic acids is 1. The first kappa shape index (κ1) is 27.7. The predicted octanol–water partition coefficient (Wildman–Crippen LogP) is 4.67. The van der Waals surface area contributed by atoms with Crippen LogP contribution < -0.4 is 5.32 Å². The van der Waals surface area contributed by atoms with Crippen LogP contribution in [0.25, 0.3) is 0 Å². The Bertz CT molecular complexity index is 692. The largest absolute Gasteiger partial charge is 0.480 e. The first-order valence-corrected chi connectivity index (χ1v) is 12.1. The Labute approximate surface area is 193 Å². The lowest BCUT2D eigenvalue weighted by atomic mass is 10.0. The molecule has 6 nitrogen and oxygen atoms in total. The summed E-state index contributed by atoms with van der Waals surface area (Å²) >= 11 is 0. The molecule has 0 radical (unpaired) electrons. The molecule has 32 heavy (non-hydrogen) atoms. The maximum Gasteiger partial charge on any atom is 0.326 e. The number of hydrogen-bond acceptors (Lipinski definition) is 3. The van der Waals surface area contributed by atoms with Gasteiger partial charge in [-0.3, -0.25) is 9.59 Å². The van der Waals surface area contributed by atoms with Crippen molar-refractivity contribution in [3.8, 4) is 0 Å². The van der Waals surface area contributed by atoms with Crippen LogP contribution in [0.2, 0.25) is 0 Å². The van der Waals surface area contributed by atoms with Gasteiger partial charge in [0.15, 0.2) is 0 Å². The van der Waals surface area contributed by atoms with Gasteiger partial charge in [0, 0.05) is 31.8 Å². The Hall–Kier alpha value is -2.37. The van der Waals surface area contributed by atoms with Gasteiger partial charge in [-0.15, -0.1) is 0 Å². The number of amides is 2. The monoisotopic (exact) mass is 446 g/mol. The lowest BCUT2D eigenvalue weighted by Crippen LogP contribution is -2.45. The zero-order valence-corrected chi connectivity index (χ0v) is 20.3. The van der Waals surface area contributed by atoms with Crippen LogP contribution in [0.4, 0.5) is 0 Å². The van der Waals surface area contributed by atoms with Gasteiger partial charge in [0.2, 0.25) is 11.8 Å². The second-order valence-corrected chi connectivity index (χ2v) is 8.92. The minimum absolute atomic E-state index is 0.154. The number of benzene rings is 1. The molecule has 0 aromatic heterocycles. The van der Waals surface area contributed by atoms with Gasteiger partial charge in [-0.2, -0.15) is 0 Å². The number of rotatable bonds is 16. The van der Waals surface area contributed by atoms with Crippen molar-refractivity contribution in [1.82, 2.24) is 10.2 Å². The molecule has 1 aromatic rings. The highest BCUT2D eigenvalue weighted by molar-refractivity contribution is 5.85. The highest BCUT2D eigenvalue weighted by atomic mass is 16.4. The molecule has 0 aliphatic heterocycles. The molecule has 0 aliphatic rings. The maximum absolute atomic E-state index is 12.7. The average molecular weight is 447 g/mol. The number of nitrogens with one attached hydrogen (secondary N) is 1. The van der Waals surface area contributed by atoms with Crippen LogP contribution >= 0.6 is 0 Å². The molecule has 0 spiro atoms. The number of nitrogens with zero attached hydrogens (tertiary/aromatic N) is 1. The van der Waals surface area contributed by atoms with Gasteiger partial charge in [-0.05, 0) is 30.7 Å². The lowest BCUT2D eigenvalue weighted by Gasteiger charge is -2.25. The van der Waals surface area contributed by atoms with Crippen LogP contribution in [0.5, 0.6) is 0 Å². The Balaban J connectivity index is 2.59. The minimum Gasteiger partial charge on any atom is -0.480 e. The van der Waals surface area contributed by atoms with Crippen molar-refractivity contribution in [3.63, 3.8) is 0 Å². The van der Waals surface area contributed by atoms with Gasteiger partial charge in [0.25, 0.3) is 0 Å². The molecule has 2 N–H and O–H groups in total. The van der Waals surface area contributed by atoms with Crippen LogP contribution in [0, 0.1) is 11.8 Å². The average Bonchev–Trinajstić information content (AvgIpc) is 2.78. The fourth-order valence-electron chi connectivity index (χ4n) is 3.52. The third-order valence-corrected chi connectivity index (χ3v) is 6.10. The second-order valence-electron chi connectivity index (χ2n) is 8.92. The Morgan fingerprint density at radius 1 is 1.00 bits per heavy atom. The van der Waals surface area contributed by atoms with E-state index in [4.69, 9.17) is 0 Å². The van der Waals surface area contributed by atoms with Gasteiger partial charge in [-0.25, -0.2) is 4.79 Å². The van der Waals surface area contributed by atoms with Gasteiger partial charge >= 0.3 is 5.97 Å². The van der Waals surface area contributed by atoms with Crippen molar-refractivity contribution in [2.24, 2.45) is 11.8 Å². The quantitative estimate of drug-likeness (QED) is 0.386. The van der Waals surface area contributed by atoms with Gasteiger partial charge in [-0.1, -0.05) is 77.3 Å². The maximum atomic E-state index is 12.7. The van der Waals surface area contributed by atoms with Crippen LogP contribution in [-0.2, 0) is 20.8 Å². The Morgan fingerprint density at radius 3 is 2.28 bits per heavy atom. The van der Waals surface area contributed by atoms with Crippen molar-refractivity contribution in [3.05, 3.63) is 35.9 Å². The van der Waals surface area contributed by atoms with Crippen molar-refractivity contribution in [1.29, 1.82) is 0 Å². The first-order valence-electron chi connectivity index (χ1n) is 12.1. The molecule has 6 heteroatoms. The molecule has 2 amide bonds. The first-order chi connectivity index (χ1) is 15.3. The van der Waals surface area contributed by atoms with E-state index >= 15 is 0 Å². The molecule has 0 fully saturated rings. The summed E-state index contributed by atoms with van der Waals surface area (Å²) in [7, 11) is 0. The second kappa shape index (κ2) is 15.4. The third kappa shape index (κ3) is 10.8. The van der Waals surface area contributed by atoms with E-state index in [2.05, 4.69) is 26.1 Å². The number of hydrogen-bond donors (Lipinski definition) is 2. The highest BCUT2D eigenvalue weighted by Gasteiger charge is 2.24. The molecule has 0 aliphatic carbocycles.